The molecule has 2 aliphatic rings. The van der Waals surface area contributed by atoms with Gasteiger partial charge in [-0.2, -0.15) is 15.0 Å². The van der Waals surface area contributed by atoms with Gasteiger partial charge in [-0.1, -0.05) is 6.58 Å². The van der Waals surface area contributed by atoms with E-state index in [2.05, 4.69) is 55.9 Å². The van der Waals surface area contributed by atoms with Crippen LogP contribution in [0, 0.1) is 6.92 Å². The summed E-state index contributed by atoms with van der Waals surface area (Å²) in [5.74, 6) is 1.24. The highest BCUT2D eigenvalue weighted by Crippen LogP contribution is 2.20. The molecule has 0 unspecified atom stereocenters. The van der Waals surface area contributed by atoms with E-state index in [-0.39, 0.29) is 30.1 Å². The molecule has 0 aliphatic carbocycles. The first-order chi connectivity index (χ1) is 16.2. The van der Waals surface area contributed by atoms with Gasteiger partial charge in [0.25, 0.3) is 0 Å². The quantitative estimate of drug-likeness (QED) is 0.580. The van der Waals surface area contributed by atoms with Crippen LogP contribution in [0.15, 0.2) is 25.2 Å². The molecule has 0 aromatic carbocycles. The Kier molecular flexibility index (Phi) is 6.77. The zero-order valence-electron chi connectivity index (χ0n) is 20.1. The van der Waals surface area contributed by atoms with Crippen molar-refractivity contribution in [3.8, 4) is 0 Å². The van der Waals surface area contributed by atoms with Crippen molar-refractivity contribution < 1.29 is 9.59 Å². The van der Waals surface area contributed by atoms with Crippen molar-refractivity contribution in [2.24, 2.45) is 0 Å². The van der Waals surface area contributed by atoms with Gasteiger partial charge in [0.1, 0.15) is 5.82 Å². The van der Waals surface area contributed by atoms with Gasteiger partial charge >= 0.3 is 6.03 Å². The van der Waals surface area contributed by atoms with Crippen LogP contribution in [0.4, 0.5) is 16.7 Å². The third-order valence-corrected chi connectivity index (χ3v) is 6.06. The van der Waals surface area contributed by atoms with Gasteiger partial charge in [-0.25, -0.2) is 9.78 Å². The van der Waals surface area contributed by atoms with E-state index in [1.807, 2.05) is 28.9 Å². The largest absolute Gasteiger partial charge is 0.346 e. The van der Waals surface area contributed by atoms with Crippen molar-refractivity contribution in [2.45, 2.75) is 52.5 Å². The SMILES string of the molecule is C=CC(=O)N1[C@H](C)CN(Cn2cnc([C@H](C)Nc3nc(C)nc(N4CCNC4=O)n3)c2)C[C@@H]1C. The molecule has 12 nitrogen and oxygen atoms in total. The molecule has 0 saturated carbocycles. The van der Waals surface area contributed by atoms with E-state index in [9.17, 15) is 9.59 Å². The van der Waals surface area contributed by atoms with E-state index >= 15 is 0 Å². The number of amides is 3. The van der Waals surface area contributed by atoms with Crippen molar-refractivity contribution in [1.29, 1.82) is 0 Å². The van der Waals surface area contributed by atoms with Gasteiger partial charge < -0.3 is 20.1 Å². The zero-order chi connectivity index (χ0) is 24.4. The Balaban J connectivity index is 1.39. The van der Waals surface area contributed by atoms with Gasteiger partial charge in [0.2, 0.25) is 17.8 Å². The lowest BCUT2D eigenvalue weighted by molar-refractivity contribution is -0.134. The van der Waals surface area contributed by atoms with Crippen LogP contribution in [0.3, 0.4) is 0 Å². The zero-order valence-corrected chi connectivity index (χ0v) is 20.1. The average Bonchev–Trinajstić information content (AvgIpc) is 3.41. The molecule has 12 heteroatoms. The van der Waals surface area contributed by atoms with Gasteiger partial charge in [-0.15, -0.1) is 0 Å². The minimum atomic E-state index is -0.207. The van der Waals surface area contributed by atoms with Crippen molar-refractivity contribution in [1.82, 2.24) is 39.6 Å². The summed E-state index contributed by atoms with van der Waals surface area (Å²) < 4.78 is 2.04. The molecule has 2 aromatic rings. The number of hydrogen-bond acceptors (Lipinski definition) is 8. The van der Waals surface area contributed by atoms with Crippen LogP contribution in [0.1, 0.15) is 38.3 Å². The monoisotopic (exact) mass is 468 g/mol. The van der Waals surface area contributed by atoms with Crippen LogP contribution in [-0.4, -0.2) is 84.5 Å². The summed E-state index contributed by atoms with van der Waals surface area (Å²) in [6.07, 6.45) is 5.19. The van der Waals surface area contributed by atoms with Crippen molar-refractivity contribution in [2.75, 3.05) is 36.4 Å². The fourth-order valence-electron chi connectivity index (χ4n) is 4.58. The summed E-state index contributed by atoms with van der Waals surface area (Å²) >= 11 is 0. The Morgan fingerprint density at radius 2 is 2.03 bits per heavy atom. The number of carbonyl (C=O) groups is 2. The summed E-state index contributed by atoms with van der Waals surface area (Å²) in [6, 6.07) is -0.140. The lowest BCUT2D eigenvalue weighted by Crippen LogP contribution is -2.58. The van der Waals surface area contributed by atoms with E-state index in [1.54, 1.807) is 6.92 Å². The van der Waals surface area contributed by atoms with Crippen molar-refractivity contribution in [3.63, 3.8) is 0 Å². The molecule has 2 aromatic heterocycles. The predicted octanol–water partition coefficient (Wildman–Crippen LogP) is 1.14. The van der Waals surface area contributed by atoms with E-state index in [4.69, 9.17) is 0 Å². The number of piperazine rings is 1. The molecule has 4 heterocycles. The number of urea groups is 1. The van der Waals surface area contributed by atoms with E-state index in [1.165, 1.54) is 11.0 Å². The maximum Gasteiger partial charge on any atom is 0.324 e. The van der Waals surface area contributed by atoms with E-state index in [0.29, 0.717) is 37.5 Å². The minimum Gasteiger partial charge on any atom is -0.346 e. The van der Waals surface area contributed by atoms with Crippen LogP contribution >= 0.6 is 0 Å². The molecule has 4 rings (SSSR count). The van der Waals surface area contributed by atoms with E-state index < -0.39 is 0 Å². The maximum atomic E-state index is 12.1. The number of hydrogen-bond donors (Lipinski definition) is 2. The molecule has 3 atom stereocenters. The van der Waals surface area contributed by atoms with Crippen LogP contribution in [0.25, 0.3) is 0 Å². The van der Waals surface area contributed by atoms with Crippen molar-refractivity contribution >= 4 is 23.8 Å². The summed E-state index contributed by atoms with van der Waals surface area (Å²) in [5, 5.41) is 6.02. The Morgan fingerprint density at radius 3 is 2.68 bits per heavy atom. The van der Waals surface area contributed by atoms with Gasteiger partial charge in [-0.05, 0) is 33.8 Å². The topological polar surface area (TPSA) is 124 Å². The second-order valence-corrected chi connectivity index (χ2v) is 8.89. The maximum absolute atomic E-state index is 12.1. The fraction of sp³-hybridized carbons (Fsp3) is 0.545. The first-order valence-corrected chi connectivity index (χ1v) is 11.5. The van der Waals surface area contributed by atoms with Gasteiger partial charge in [0.05, 0.1) is 24.7 Å². The Morgan fingerprint density at radius 1 is 1.29 bits per heavy atom. The molecule has 3 amide bonds. The summed E-state index contributed by atoms with van der Waals surface area (Å²) in [7, 11) is 0. The minimum absolute atomic E-state index is 0.0217. The van der Waals surface area contributed by atoms with Crippen LogP contribution < -0.4 is 15.5 Å². The highest BCUT2D eigenvalue weighted by Gasteiger charge is 2.31. The first-order valence-electron chi connectivity index (χ1n) is 11.5. The Labute approximate surface area is 199 Å². The van der Waals surface area contributed by atoms with E-state index in [0.717, 1.165) is 18.8 Å². The number of imidazole rings is 1. The lowest BCUT2D eigenvalue weighted by Gasteiger charge is -2.44. The molecule has 182 valence electrons. The molecule has 0 spiro atoms. The molecule has 0 bridgehead atoms. The van der Waals surface area contributed by atoms with Gasteiger partial charge in [-0.3, -0.25) is 14.6 Å². The summed E-state index contributed by atoms with van der Waals surface area (Å²) in [6.45, 7) is 14.8. The number of aryl methyl sites for hydroxylation is 1. The smallest absolute Gasteiger partial charge is 0.324 e. The molecular formula is C22H32N10O2. The predicted molar refractivity (Wildman–Crippen MR) is 127 cm³/mol. The molecule has 0 radical (unpaired) electrons. The third kappa shape index (κ3) is 5.01. The van der Waals surface area contributed by atoms with Crippen LogP contribution in [-0.2, 0) is 11.5 Å². The number of carbonyl (C=O) groups excluding carboxylic acids is 2. The molecule has 2 fully saturated rings. The second kappa shape index (κ2) is 9.75. The second-order valence-electron chi connectivity index (χ2n) is 8.89. The highest BCUT2D eigenvalue weighted by atomic mass is 16.2. The highest BCUT2D eigenvalue weighted by molar-refractivity contribution is 5.92. The standard InChI is InChI=1S/C22H32N10O2/c1-6-19(33)32-14(2)9-29(10-15(32)3)13-30-11-18(24-12-30)16(4)25-20-26-17(5)27-21(28-20)31-8-7-23-22(31)34/h6,11-12,14-16H,1,7-10,13H2,2-5H3,(H,23,34)(H,25,26,27,28)/t14-,15+,16-/m0/s1. The molecular weight excluding hydrogens is 436 g/mol. The Bertz CT molecular complexity index is 1060. The number of nitrogens with one attached hydrogen (secondary N) is 2. The van der Waals surface area contributed by atoms with Gasteiger partial charge in [0, 0.05) is 44.5 Å². The molecule has 2 N–H and O–H groups in total. The number of nitrogens with zero attached hydrogens (tertiary/aromatic N) is 8. The average molecular weight is 469 g/mol. The first kappa shape index (κ1) is 23.6. The number of aromatic nitrogens is 5. The summed E-state index contributed by atoms with van der Waals surface area (Å²) in [4.78, 5) is 47.5. The van der Waals surface area contributed by atoms with Crippen molar-refractivity contribution in [3.05, 3.63) is 36.7 Å². The summed E-state index contributed by atoms with van der Waals surface area (Å²) in [5.41, 5.74) is 0.847. The number of rotatable bonds is 7. The fourth-order valence-corrected chi connectivity index (χ4v) is 4.58. The Hall–Kier alpha value is -3.54. The molecule has 34 heavy (non-hydrogen) atoms. The normalized spacial score (nSPS) is 21.9. The van der Waals surface area contributed by atoms with Gasteiger partial charge in [0.15, 0.2) is 0 Å². The number of anilines is 2. The molecule has 2 aliphatic heterocycles. The van der Waals surface area contributed by atoms with Crippen LogP contribution in [0.2, 0.25) is 0 Å². The molecule has 2 saturated heterocycles. The van der Waals surface area contributed by atoms with Crippen LogP contribution in [0.5, 0.6) is 0 Å². The third-order valence-electron chi connectivity index (χ3n) is 6.06. The lowest BCUT2D eigenvalue weighted by atomic mass is 10.1.